The smallest absolute Gasteiger partial charge is 0.153 e. The average Bonchev–Trinajstić information content (AvgIpc) is 2.71. The molecule has 0 fully saturated rings. The van der Waals surface area contributed by atoms with Crippen molar-refractivity contribution in [1.82, 2.24) is 14.6 Å². The zero-order valence-electron chi connectivity index (χ0n) is 8.61. The first-order chi connectivity index (χ1) is 7.81. The van der Waals surface area contributed by atoms with Crippen LogP contribution in [0.25, 0.3) is 16.6 Å². The highest BCUT2D eigenvalue weighted by Gasteiger charge is 2.10. The molecule has 0 saturated heterocycles. The minimum atomic E-state index is 0.822. The molecule has 0 aliphatic heterocycles. The number of halogens is 1. The lowest BCUT2D eigenvalue weighted by atomic mass is 10.3. The summed E-state index contributed by atoms with van der Waals surface area (Å²) in [6, 6.07) is 7.94. The van der Waals surface area contributed by atoms with Gasteiger partial charge in [-0.2, -0.15) is 5.10 Å². The fourth-order valence-corrected chi connectivity index (χ4v) is 2.26. The monoisotopic (exact) mass is 276 g/mol. The maximum atomic E-state index is 4.55. The van der Waals surface area contributed by atoms with Gasteiger partial charge in [0.05, 0.1) is 21.7 Å². The second-order valence-corrected chi connectivity index (χ2v) is 4.31. The molecule has 4 nitrogen and oxygen atoms in total. The number of hydrogen-bond acceptors (Lipinski definition) is 3. The normalized spacial score (nSPS) is 11.1. The van der Waals surface area contributed by atoms with Gasteiger partial charge in [0.25, 0.3) is 0 Å². The second kappa shape index (κ2) is 3.45. The van der Waals surface area contributed by atoms with E-state index in [-0.39, 0.29) is 0 Å². The maximum absolute atomic E-state index is 4.55. The molecule has 80 valence electrons. The van der Waals surface area contributed by atoms with E-state index >= 15 is 0 Å². The third-order valence-corrected chi connectivity index (χ3v) is 3.11. The molecule has 0 aliphatic carbocycles. The molecule has 5 heteroatoms. The van der Waals surface area contributed by atoms with Crippen molar-refractivity contribution in [3.63, 3.8) is 0 Å². The SMILES string of the molecule is CNc1nc2ccccc2n2ncc(Br)c12. The molecule has 0 aliphatic rings. The van der Waals surface area contributed by atoms with E-state index in [1.54, 1.807) is 6.20 Å². The molecular weight excluding hydrogens is 268 g/mol. The van der Waals surface area contributed by atoms with Gasteiger partial charge in [-0.05, 0) is 28.1 Å². The van der Waals surface area contributed by atoms with Crippen LogP contribution in [0.4, 0.5) is 5.82 Å². The molecule has 0 amide bonds. The molecule has 3 aromatic rings. The van der Waals surface area contributed by atoms with E-state index in [0.717, 1.165) is 26.8 Å². The van der Waals surface area contributed by atoms with E-state index < -0.39 is 0 Å². The van der Waals surface area contributed by atoms with Crippen molar-refractivity contribution in [3.8, 4) is 0 Å². The molecule has 16 heavy (non-hydrogen) atoms. The number of para-hydroxylation sites is 2. The largest absolute Gasteiger partial charge is 0.371 e. The fourth-order valence-electron chi connectivity index (χ4n) is 1.81. The van der Waals surface area contributed by atoms with E-state index in [2.05, 4.69) is 31.3 Å². The number of hydrogen-bond donors (Lipinski definition) is 1. The van der Waals surface area contributed by atoms with Crippen LogP contribution >= 0.6 is 15.9 Å². The van der Waals surface area contributed by atoms with Crippen LogP contribution in [0.3, 0.4) is 0 Å². The number of rotatable bonds is 1. The second-order valence-electron chi connectivity index (χ2n) is 3.45. The van der Waals surface area contributed by atoms with Crippen LogP contribution in [0, 0.1) is 0 Å². The number of fused-ring (bicyclic) bond motifs is 3. The Morgan fingerprint density at radius 2 is 2.12 bits per heavy atom. The van der Waals surface area contributed by atoms with E-state index in [1.165, 1.54) is 0 Å². The zero-order valence-corrected chi connectivity index (χ0v) is 10.2. The number of nitrogens with one attached hydrogen (secondary N) is 1. The molecule has 0 radical (unpaired) electrons. The fraction of sp³-hybridized carbons (Fsp3) is 0.0909. The van der Waals surface area contributed by atoms with Gasteiger partial charge in [0.15, 0.2) is 5.82 Å². The lowest BCUT2D eigenvalue weighted by molar-refractivity contribution is 0.996. The standard InChI is InChI=1S/C11H9BrN4/c1-13-11-10-7(12)6-14-16(10)9-5-3-2-4-8(9)15-11/h2-6H,1H3,(H,13,15). The summed E-state index contributed by atoms with van der Waals surface area (Å²) in [5.41, 5.74) is 2.89. The van der Waals surface area contributed by atoms with Gasteiger partial charge >= 0.3 is 0 Å². The summed E-state index contributed by atoms with van der Waals surface area (Å²) in [7, 11) is 1.86. The van der Waals surface area contributed by atoms with Crippen molar-refractivity contribution in [2.75, 3.05) is 12.4 Å². The van der Waals surface area contributed by atoms with Crippen molar-refractivity contribution in [2.45, 2.75) is 0 Å². The molecule has 0 saturated carbocycles. The summed E-state index contributed by atoms with van der Waals surface area (Å²) in [4.78, 5) is 4.55. The van der Waals surface area contributed by atoms with Crippen LogP contribution in [0.5, 0.6) is 0 Å². The van der Waals surface area contributed by atoms with Gasteiger partial charge in [0.2, 0.25) is 0 Å². The van der Waals surface area contributed by atoms with Crippen molar-refractivity contribution in [1.29, 1.82) is 0 Å². The molecule has 0 spiro atoms. The Labute approximate surface area is 100 Å². The average molecular weight is 277 g/mol. The molecular formula is C11H9BrN4. The lowest BCUT2D eigenvalue weighted by Crippen LogP contribution is -1.99. The first-order valence-corrected chi connectivity index (χ1v) is 5.70. The molecule has 1 aromatic carbocycles. The molecule has 0 unspecified atom stereocenters. The summed E-state index contributed by atoms with van der Waals surface area (Å²) >= 11 is 3.48. The Kier molecular flexibility index (Phi) is 2.07. The quantitative estimate of drug-likeness (QED) is 0.743. The van der Waals surface area contributed by atoms with E-state index in [1.807, 2.05) is 35.8 Å². The van der Waals surface area contributed by atoms with Gasteiger partial charge in [-0.1, -0.05) is 12.1 Å². The highest BCUT2D eigenvalue weighted by atomic mass is 79.9. The maximum Gasteiger partial charge on any atom is 0.153 e. The number of nitrogens with zero attached hydrogens (tertiary/aromatic N) is 3. The van der Waals surface area contributed by atoms with Crippen molar-refractivity contribution >= 4 is 38.3 Å². The summed E-state index contributed by atoms with van der Waals surface area (Å²) in [6.07, 6.45) is 1.78. The van der Waals surface area contributed by atoms with Crippen LogP contribution in [-0.4, -0.2) is 21.6 Å². The Morgan fingerprint density at radius 3 is 2.94 bits per heavy atom. The molecule has 3 rings (SSSR count). The number of aromatic nitrogens is 3. The molecule has 2 aromatic heterocycles. The molecule has 1 N–H and O–H groups in total. The summed E-state index contributed by atoms with van der Waals surface area (Å²) < 4.78 is 2.83. The molecule has 2 heterocycles. The minimum absolute atomic E-state index is 0.822. The Bertz CT molecular complexity index is 674. The third-order valence-electron chi connectivity index (χ3n) is 2.53. The van der Waals surface area contributed by atoms with E-state index in [9.17, 15) is 0 Å². The van der Waals surface area contributed by atoms with Gasteiger partial charge in [0, 0.05) is 7.05 Å². The summed E-state index contributed by atoms with van der Waals surface area (Å²) in [5.74, 6) is 0.822. The molecule has 0 bridgehead atoms. The summed E-state index contributed by atoms with van der Waals surface area (Å²) in [5, 5.41) is 7.43. The first kappa shape index (κ1) is 9.59. The third kappa shape index (κ3) is 1.21. The predicted octanol–water partition coefficient (Wildman–Crippen LogP) is 2.69. The lowest BCUT2D eigenvalue weighted by Gasteiger charge is -2.06. The van der Waals surface area contributed by atoms with Crippen LogP contribution < -0.4 is 5.32 Å². The Morgan fingerprint density at radius 1 is 1.31 bits per heavy atom. The van der Waals surface area contributed by atoms with Crippen molar-refractivity contribution in [2.24, 2.45) is 0 Å². The molecule has 0 atom stereocenters. The zero-order chi connectivity index (χ0) is 11.1. The van der Waals surface area contributed by atoms with Crippen molar-refractivity contribution < 1.29 is 0 Å². The van der Waals surface area contributed by atoms with Crippen molar-refractivity contribution in [3.05, 3.63) is 34.9 Å². The topological polar surface area (TPSA) is 42.2 Å². The Hall–Kier alpha value is -1.62. The highest BCUT2D eigenvalue weighted by molar-refractivity contribution is 9.10. The predicted molar refractivity (Wildman–Crippen MR) is 67.7 cm³/mol. The van der Waals surface area contributed by atoms with Crippen LogP contribution in [0.1, 0.15) is 0 Å². The highest BCUT2D eigenvalue weighted by Crippen LogP contribution is 2.27. The van der Waals surface area contributed by atoms with Gasteiger partial charge in [0.1, 0.15) is 5.52 Å². The minimum Gasteiger partial charge on any atom is -0.371 e. The van der Waals surface area contributed by atoms with Gasteiger partial charge < -0.3 is 5.32 Å². The van der Waals surface area contributed by atoms with Gasteiger partial charge in [-0.25, -0.2) is 9.50 Å². The number of anilines is 1. The van der Waals surface area contributed by atoms with Crippen LogP contribution in [-0.2, 0) is 0 Å². The van der Waals surface area contributed by atoms with Crippen LogP contribution in [0.15, 0.2) is 34.9 Å². The van der Waals surface area contributed by atoms with Gasteiger partial charge in [-0.3, -0.25) is 0 Å². The van der Waals surface area contributed by atoms with E-state index in [4.69, 9.17) is 0 Å². The van der Waals surface area contributed by atoms with E-state index in [0.29, 0.717) is 0 Å². The van der Waals surface area contributed by atoms with Crippen LogP contribution in [0.2, 0.25) is 0 Å². The number of benzene rings is 1. The van der Waals surface area contributed by atoms with Gasteiger partial charge in [-0.15, -0.1) is 0 Å². The summed E-state index contributed by atoms with van der Waals surface area (Å²) in [6.45, 7) is 0. The Balaban J connectivity index is 2.58. The first-order valence-electron chi connectivity index (χ1n) is 4.91.